The predicted octanol–water partition coefficient (Wildman–Crippen LogP) is 3.46. The van der Waals surface area contributed by atoms with Crippen molar-refractivity contribution in [1.82, 2.24) is 20.0 Å². The lowest BCUT2D eigenvalue weighted by Crippen LogP contribution is -2.56. The van der Waals surface area contributed by atoms with Crippen LogP contribution in [0.15, 0.2) is 53.7 Å². The number of urea groups is 1. The van der Waals surface area contributed by atoms with E-state index in [2.05, 4.69) is 10.2 Å². The summed E-state index contributed by atoms with van der Waals surface area (Å²) in [6, 6.07) is 11.2. The van der Waals surface area contributed by atoms with Crippen molar-refractivity contribution in [3.05, 3.63) is 64.9 Å². The van der Waals surface area contributed by atoms with Crippen LogP contribution in [0.1, 0.15) is 42.7 Å². The van der Waals surface area contributed by atoms with E-state index in [0.717, 1.165) is 0 Å². The molecule has 11 heteroatoms. The van der Waals surface area contributed by atoms with Gasteiger partial charge in [-0.2, -0.15) is 0 Å². The second-order valence-corrected chi connectivity index (χ2v) is 10.1. The Labute approximate surface area is 246 Å². The second kappa shape index (κ2) is 13.6. The Bertz CT molecular complexity index is 1340. The molecule has 0 saturated carbocycles. The molecule has 11 nitrogen and oxygen atoms in total. The number of hydrogen-bond acceptors (Lipinski definition) is 8. The van der Waals surface area contributed by atoms with Gasteiger partial charge in [-0.25, -0.2) is 9.59 Å². The van der Waals surface area contributed by atoms with Crippen LogP contribution in [0.4, 0.5) is 4.79 Å². The molecule has 226 valence electrons. The van der Waals surface area contributed by atoms with Crippen molar-refractivity contribution >= 4 is 17.9 Å². The van der Waals surface area contributed by atoms with E-state index in [1.165, 1.54) is 7.11 Å². The topological polar surface area (TPSA) is 110 Å². The van der Waals surface area contributed by atoms with Gasteiger partial charge in [-0.1, -0.05) is 6.07 Å². The minimum Gasteiger partial charge on any atom is -0.497 e. The van der Waals surface area contributed by atoms with Gasteiger partial charge in [0.25, 0.3) is 5.91 Å². The maximum atomic E-state index is 13.6. The summed E-state index contributed by atoms with van der Waals surface area (Å²) in [5.41, 5.74) is 2.06. The first-order chi connectivity index (χ1) is 20.3. The van der Waals surface area contributed by atoms with Crippen LogP contribution in [0, 0.1) is 0 Å². The van der Waals surface area contributed by atoms with E-state index in [9.17, 15) is 14.4 Å². The number of nitrogens with one attached hydrogen (secondary N) is 1. The van der Waals surface area contributed by atoms with Gasteiger partial charge in [0.2, 0.25) is 0 Å². The van der Waals surface area contributed by atoms with Gasteiger partial charge >= 0.3 is 12.0 Å². The van der Waals surface area contributed by atoms with Gasteiger partial charge in [0, 0.05) is 55.6 Å². The van der Waals surface area contributed by atoms with Crippen LogP contribution in [0.2, 0.25) is 0 Å². The smallest absolute Gasteiger partial charge is 0.338 e. The average Bonchev–Trinajstić information content (AvgIpc) is 3.00. The number of carbonyl (C=O) groups is 3. The standard InChI is InChI=1S/C31H40N4O7/c1-7-34-25(19-33-14-15-35(20(3)18-33)29(36)21-10-9-11-22(16-21)39-4)27(30(37)42-8-2)28(32-31(34)38)24-17-23(40-5)12-13-26(24)41-6/h9-13,16-17,20,28H,7-8,14-15,18-19H2,1-6H3,(H,32,38). The van der Waals surface area contributed by atoms with Crippen LogP contribution in [-0.4, -0.2) is 99.3 Å². The van der Waals surface area contributed by atoms with Gasteiger partial charge in [0.05, 0.1) is 39.6 Å². The van der Waals surface area contributed by atoms with E-state index in [-0.39, 0.29) is 24.6 Å². The van der Waals surface area contributed by atoms with Crippen LogP contribution in [0.25, 0.3) is 0 Å². The molecule has 1 fully saturated rings. The molecule has 2 aromatic rings. The zero-order valence-corrected chi connectivity index (χ0v) is 25.1. The number of hydrogen-bond donors (Lipinski definition) is 1. The number of esters is 1. The third-order valence-corrected chi connectivity index (χ3v) is 7.66. The lowest BCUT2D eigenvalue weighted by atomic mass is 9.93. The highest BCUT2D eigenvalue weighted by Crippen LogP contribution is 2.38. The maximum Gasteiger partial charge on any atom is 0.338 e. The van der Waals surface area contributed by atoms with Gasteiger partial charge < -0.3 is 29.2 Å². The fourth-order valence-electron chi connectivity index (χ4n) is 5.57. The molecule has 2 unspecified atom stereocenters. The SMILES string of the molecule is CCOC(=O)C1=C(CN2CCN(C(=O)c3cccc(OC)c3)C(C)C2)N(CC)C(=O)NC1c1cc(OC)ccc1OC. The number of carbonyl (C=O) groups excluding carboxylic acids is 3. The molecule has 1 saturated heterocycles. The average molecular weight is 581 g/mol. The maximum absolute atomic E-state index is 13.6. The molecule has 42 heavy (non-hydrogen) atoms. The van der Waals surface area contributed by atoms with Gasteiger partial charge in [0.1, 0.15) is 17.2 Å². The van der Waals surface area contributed by atoms with Crippen LogP contribution in [0.3, 0.4) is 0 Å². The largest absolute Gasteiger partial charge is 0.497 e. The predicted molar refractivity (Wildman–Crippen MR) is 157 cm³/mol. The number of benzene rings is 2. The minimum atomic E-state index is -0.812. The molecule has 2 aromatic carbocycles. The molecular weight excluding hydrogens is 540 g/mol. The fraction of sp³-hybridized carbons (Fsp3) is 0.452. The Morgan fingerprint density at radius 3 is 2.36 bits per heavy atom. The summed E-state index contributed by atoms with van der Waals surface area (Å²) < 4.78 is 21.9. The van der Waals surface area contributed by atoms with Crippen molar-refractivity contribution < 1.29 is 33.3 Å². The molecule has 0 aromatic heterocycles. The zero-order valence-electron chi connectivity index (χ0n) is 25.1. The second-order valence-electron chi connectivity index (χ2n) is 10.1. The summed E-state index contributed by atoms with van der Waals surface area (Å²) in [5, 5.41) is 2.99. The van der Waals surface area contributed by atoms with Crippen molar-refractivity contribution in [2.24, 2.45) is 0 Å². The quantitative estimate of drug-likeness (QED) is 0.426. The third kappa shape index (κ3) is 6.30. The molecule has 0 aliphatic carbocycles. The molecule has 0 bridgehead atoms. The minimum absolute atomic E-state index is 0.0649. The summed E-state index contributed by atoms with van der Waals surface area (Å²) in [5.74, 6) is 1.12. The van der Waals surface area contributed by atoms with Crippen LogP contribution in [0.5, 0.6) is 17.2 Å². The number of piperazine rings is 1. The molecule has 2 aliphatic rings. The van der Waals surface area contributed by atoms with Crippen molar-refractivity contribution in [3.63, 3.8) is 0 Å². The molecule has 2 atom stereocenters. The molecule has 2 heterocycles. The van der Waals surface area contributed by atoms with E-state index < -0.39 is 12.0 Å². The number of rotatable bonds is 10. The summed E-state index contributed by atoms with van der Waals surface area (Å²) in [7, 11) is 4.66. The highest BCUT2D eigenvalue weighted by molar-refractivity contribution is 5.96. The van der Waals surface area contributed by atoms with Crippen molar-refractivity contribution in [3.8, 4) is 17.2 Å². The van der Waals surface area contributed by atoms with Gasteiger partial charge in [-0.05, 0) is 57.2 Å². The fourth-order valence-corrected chi connectivity index (χ4v) is 5.57. The summed E-state index contributed by atoms with van der Waals surface area (Å²) >= 11 is 0. The monoisotopic (exact) mass is 580 g/mol. The molecule has 4 rings (SSSR count). The number of methoxy groups -OCH3 is 3. The molecule has 1 N–H and O–H groups in total. The molecule has 3 amide bonds. The highest BCUT2D eigenvalue weighted by Gasteiger charge is 2.40. The van der Waals surface area contributed by atoms with Crippen LogP contribution in [-0.2, 0) is 9.53 Å². The van der Waals surface area contributed by atoms with Gasteiger partial charge in [-0.3, -0.25) is 14.6 Å². The first-order valence-electron chi connectivity index (χ1n) is 14.1. The Kier molecular flexibility index (Phi) is 9.95. The Balaban J connectivity index is 1.67. The molecule has 0 spiro atoms. The van der Waals surface area contributed by atoms with E-state index >= 15 is 0 Å². The number of nitrogens with zero attached hydrogens (tertiary/aromatic N) is 3. The first kappa shape index (κ1) is 30.7. The van der Waals surface area contributed by atoms with E-state index in [4.69, 9.17) is 18.9 Å². The highest BCUT2D eigenvalue weighted by atomic mass is 16.5. The van der Waals surface area contributed by atoms with Gasteiger partial charge in [-0.15, -0.1) is 0 Å². The molecular formula is C31H40N4O7. The molecule has 2 aliphatic heterocycles. The summed E-state index contributed by atoms with van der Waals surface area (Å²) in [6.07, 6.45) is 0. The summed E-state index contributed by atoms with van der Waals surface area (Å²) in [4.78, 5) is 45.9. The Morgan fingerprint density at radius 2 is 1.71 bits per heavy atom. The third-order valence-electron chi connectivity index (χ3n) is 7.66. The zero-order chi connectivity index (χ0) is 30.4. The number of amides is 3. The van der Waals surface area contributed by atoms with Gasteiger partial charge in [0.15, 0.2) is 0 Å². The van der Waals surface area contributed by atoms with Crippen molar-refractivity contribution in [1.29, 1.82) is 0 Å². The lowest BCUT2D eigenvalue weighted by molar-refractivity contribution is -0.139. The molecule has 0 radical (unpaired) electrons. The van der Waals surface area contributed by atoms with Crippen molar-refractivity contribution in [2.45, 2.75) is 32.9 Å². The lowest BCUT2D eigenvalue weighted by Gasteiger charge is -2.43. The normalized spacial score (nSPS) is 19.3. The first-order valence-corrected chi connectivity index (χ1v) is 14.1. The number of likely N-dealkylation sites (N-methyl/N-ethyl adjacent to an activating group) is 1. The van der Waals surface area contributed by atoms with E-state index in [0.29, 0.717) is 72.4 Å². The van der Waals surface area contributed by atoms with Crippen LogP contribution < -0.4 is 19.5 Å². The van der Waals surface area contributed by atoms with E-state index in [1.807, 2.05) is 18.7 Å². The van der Waals surface area contributed by atoms with Crippen molar-refractivity contribution in [2.75, 3.05) is 60.7 Å². The van der Waals surface area contributed by atoms with E-state index in [1.54, 1.807) is 68.5 Å². The Hall–Kier alpha value is -4.25. The Morgan fingerprint density at radius 1 is 0.976 bits per heavy atom. The summed E-state index contributed by atoms with van der Waals surface area (Å²) in [6.45, 7) is 8.08. The van der Waals surface area contributed by atoms with Crippen LogP contribution >= 0.6 is 0 Å². The number of ether oxygens (including phenoxy) is 4.